The molecular weight excluding hydrogens is 436 g/mol. The van der Waals surface area contributed by atoms with Crippen molar-refractivity contribution in [3.05, 3.63) is 91.9 Å². The molecule has 6 heteroatoms. The zero-order chi connectivity index (χ0) is 24.1. The van der Waals surface area contributed by atoms with E-state index in [4.69, 9.17) is 11.6 Å². The SMILES string of the molecule is Cc1ccc(C)c(N(C)C(=O)c2c3c(cn(-c4ccc(Cl)cc4)c2=O)C(=O)CC(C)(C)C3)c1. The van der Waals surface area contributed by atoms with Crippen molar-refractivity contribution < 1.29 is 9.59 Å². The van der Waals surface area contributed by atoms with Gasteiger partial charge in [0, 0.05) is 41.6 Å². The second-order valence-corrected chi connectivity index (χ2v) is 10.1. The van der Waals surface area contributed by atoms with Crippen LogP contribution >= 0.6 is 11.6 Å². The Morgan fingerprint density at radius 3 is 2.36 bits per heavy atom. The molecule has 0 fully saturated rings. The minimum atomic E-state index is -0.441. The fraction of sp³-hybridized carbons (Fsp3) is 0.296. The minimum absolute atomic E-state index is 0.0481. The Balaban J connectivity index is 1.96. The average molecular weight is 463 g/mol. The summed E-state index contributed by atoms with van der Waals surface area (Å²) in [5.74, 6) is -0.480. The van der Waals surface area contributed by atoms with E-state index in [0.717, 1.165) is 16.8 Å². The van der Waals surface area contributed by atoms with Gasteiger partial charge >= 0.3 is 0 Å². The Labute approximate surface area is 198 Å². The number of carbonyl (C=O) groups excluding carboxylic acids is 2. The third-order valence-electron chi connectivity index (χ3n) is 6.26. The van der Waals surface area contributed by atoms with Crippen LogP contribution in [0.2, 0.25) is 5.02 Å². The number of aromatic nitrogens is 1. The van der Waals surface area contributed by atoms with Gasteiger partial charge in [0.05, 0.1) is 0 Å². The van der Waals surface area contributed by atoms with E-state index < -0.39 is 11.5 Å². The Morgan fingerprint density at radius 2 is 1.70 bits per heavy atom. The number of pyridine rings is 1. The van der Waals surface area contributed by atoms with Gasteiger partial charge in [0.15, 0.2) is 5.78 Å². The lowest BCUT2D eigenvalue weighted by atomic mass is 9.73. The third kappa shape index (κ3) is 4.25. The maximum absolute atomic E-state index is 13.8. The van der Waals surface area contributed by atoms with E-state index in [2.05, 4.69) is 0 Å². The van der Waals surface area contributed by atoms with Gasteiger partial charge in [0.25, 0.3) is 11.5 Å². The summed E-state index contributed by atoms with van der Waals surface area (Å²) in [5, 5.41) is 0.536. The van der Waals surface area contributed by atoms with Crippen molar-refractivity contribution in [3.63, 3.8) is 0 Å². The van der Waals surface area contributed by atoms with Crippen molar-refractivity contribution >= 4 is 29.0 Å². The minimum Gasteiger partial charge on any atom is -0.311 e. The zero-order valence-electron chi connectivity index (χ0n) is 19.5. The Morgan fingerprint density at radius 1 is 1.03 bits per heavy atom. The molecule has 1 aromatic heterocycles. The highest BCUT2D eigenvalue weighted by Crippen LogP contribution is 2.36. The lowest BCUT2D eigenvalue weighted by Gasteiger charge is -2.32. The predicted octanol–water partition coefficient (Wildman–Crippen LogP) is 5.54. The van der Waals surface area contributed by atoms with E-state index in [9.17, 15) is 14.4 Å². The molecule has 2 aromatic carbocycles. The van der Waals surface area contributed by atoms with Crippen LogP contribution in [-0.2, 0) is 6.42 Å². The maximum atomic E-state index is 13.8. The van der Waals surface area contributed by atoms with E-state index in [1.165, 1.54) is 9.47 Å². The molecule has 0 spiro atoms. The van der Waals surface area contributed by atoms with Gasteiger partial charge in [-0.05, 0) is 72.7 Å². The van der Waals surface area contributed by atoms with Crippen molar-refractivity contribution in [2.75, 3.05) is 11.9 Å². The fourth-order valence-electron chi connectivity index (χ4n) is 4.52. The molecule has 0 radical (unpaired) electrons. The summed E-state index contributed by atoms with van der Waals surface area (Å²) >= 11 is 6.03. The first-order valence-corrected chi connectivity index (χ1v) is 11.3. The number of ketones is 1. The first-order valence-electron chi connectivity index (χ1n) is 10.9. The lowest BCUT2D eigenvalue weighted by molar-refractivity contribution is 0.0910. The number of anilines is 1. The van der Waals surface area contributed by atoms with Crippen LogP contribution in [-0.4, -0.2) is 23.3 Å². The number of benzene rings is 2. The lowest BCUT2D eigenvalue weighted by Crippen LogP contribution is -2.40. The molecular formula is C27H27ClN2O3. The maximum Gasteiger partial charge on any atom is 0.268 e. The largest absolute Gasteiger partial charge is 0.311 e. The molecule has 33 heavy (non-hydrogen) atoms. The molecule has 5 nitrogen and oxygen atoms in total. The van der Waals surface area contributed by atoms with Crippen molar-refractivity contribution in [1.29, 1.82) is 0 Å². The first-order chi connectivity index (χ1) is 15.5. The highest BCUT2D eigenvalue weighted by Gasteiger charge is 2.36. The number of halogens is 1. The van der Waals surface area contributed by atoms with Crippen molar-refractivity contribution in [2.24, 2.45) is 5.41 Å². The molecule has 1 amide bonds. The summed E-state index contributed by atoms with van der Waals surface area (Å²) in [7, 11) is 1.67. The molecule has 3 aromatic rings. The summed E-state index contributed by atoms with van der Waals surface area (Å²) in [6, 6.07) is 12.6. The van der Waals surface area contributed by atoms with Gasteiger partial charge in [-0.3, -0.25) is 19.0 Å². The molecule has 0 unspecified atom stereocenters. The highest BCUT2D eigenvalue weighted by molar-refractivity contribution is 6.30. The summed E-state index contributed by atoms with van der Waals surface area (Å²) in [6.07, 6.45) is 2.42. The fourth-order valence-corrected chi connectivity index (χ4v) is 4.64. The van der Waals surface area contributed by atoms with Gasteiger partial charge in [-0.25, -0.2) is 0 Å². The van der Waals surface area contributed by atoms with Gasteiger partial charge in [-0.2, -0.15) is 0 Å². The van der Waals surface area contributed by atoms with Gasteiger partial charge in [-0.15, -0.1) is 0 Å². The third-order valence-corrected chi connectivity index (χ3v) is 6.51. The zero-order valence-corrected chi connectivity index (χ0v) is 20.3. The Bertz CT molecular complexity index is 1340. The van der Waals surface area contributed by atoms with Crippen LogP contribution in [0.15, 0.2) is 53.5 Å². The van der Waals surface area contributed by atoms with E-state index in [1.54, 1.807) is 37.5 Å². The Hall–Kier alpha value is -3.18. The summed E-state index contributed by atoms with van der Waals surface area (Å²) < 4.78 is 1.38. The van der Waals surface area contributed by atoms with Crippen LogP contribution in [0.3, 0.4) is 0 Å². The van der Waals surface area contributed by atoms with Gasteiger partial charge < -0.3 is 4.90 Å². The van der Waals surface area contributed by atoms with Gasteiger partial charge in [0.1, 0.15) is 5.56 Å². The average Bonchev–Trinajstić information content (AvgIpc) is 2.74. The molecule has 0 saturated carbocycles. The van der Waals surface area contributed by atoms with Gasteiger partial charge in [0.2, 0.25) is 0 Å². The molecule has 0 saturated heterocycles. The number of Topliss-reactive ketones (excluding diaryl/α,β-unsaturated/α-hetero) is 1. The quantitative estimate of drug-likeness (QED) is 0.513. The second kappa shape index (κ2) is 8.31. The number of fused-ring (bicyclic) bond motifs is 1. The number of nitrogens with zero attached hydrogens (tertiary/aromatic N) is 2. The van der Waals surface area contributed by atoms with Crippen molar-refractivity contribution in [2.45, 2.75) is 40.5 Å². The van der Waals surface area contributed by atoms with Crippen molar-refractivity contribution in [1.82, 2.24) is 4.57 Å². The smallest absolute Gasteiger partial charge is 0.268 e. The molecule has 0 aliphatic heterocycles. The molecule has 170 valence electrons. The molecule has 0 N–H and O–H groups in total. The number of hydrogen-bond acceptors (Lipinski definition) is 3. The van der Waals surface area contributed by atoms with Crippen LogP contribution in [0.5, 0.6) is 0 Å². The van der Waals surface area contributed by atoms with Crippen LogP contribution < -0.4 is 10.5 Å². The number of amides is 1. The number of aryl methyl sites for hydroxylation is 2. The number of hydrogen-bond donors (Lipinski definition) is 0. The Kier molecular flexibility index (Phi) is 5.79. The topological polar surface area (TPSA) is 59.4 Å². The first kappa shape index (κ1) is 23.0. The van der Waals surface area contributed by atoms with E-state index in [0.29, 0.717) is 34.7 Å². The summed E-state index contributed by atoms with van der Waals surface area (Å²) in [4.78, 5) is 42.2. The highest BCUT2D eigenvalue weighted by atomic mass is 35.5. The summed E-state index contributed by atoms with van der Waals surface area (Å²) in [5.41, 5.74) is 3.46. The van der Waals surface area contributed by atoms with E-state index in [1.807, 2.05) is 45.9 Å². The number of carbonyl (C=O) groups is 2. The second-order valence-electron chi connectivity index (χ2n) is 9.64. The molecule has 4 rings (SSSR count). The van der Waals surface area contributed by atoms with Gasteiger partial charge in [-0.1, -0.05) is 37.6 Å². The van der Waals surface area contributed by atoms with Crippen molar-refractivity contribution in [3.8, 4) is 5.69 Å². The van der Waals surface area contributed by atoms with E-state index in [-0.39, 0.29) is 16.8 Å². The van der Waals surface area contributed by atoms with E-state index >= 15 is 0 Å². The monoisotopic (exact) mass is 462 g/mol. The molecule has 0 bridgehead atoms. The molecule has 1 aliphatic rings. The molecule has 0 atom stereocenters. The van der Waals surface area contributed by atoms with Crippen LogP contribution in [0.25, 0.3) is 5.69 Å². The standard InChI is InChI=1S/C27H27ClN2O3/c1-16-6-7-17(2)22(12-16)29(5)25(32)24-20-13-27(3,4)14-23(31)21(20)15-30(26(24)33)19-10-8-18(28)9-11-19/h6-12,15H,13-14H2,1-5H3. The van der Waals surface area contributed by atoms with Crippen LogP contribution in [0.1, 0.15) is 57.7 Å². The van der Waals surface area contributed by atoms with Crippen LogP contribution in [0, 0.1) is 19.3 Å². The molecule has 1 aliphatic carbocycles. The molecule has 1 heterocycles. The number of rotatable bonds is 3. The normalized spacial score (nSPS) is 14.7. The summed E-state index contributed by atoms with van der Waals surface area (Å²) in [6.45, 7) is 7.86. The predicted molar refractivity (Wildman–Crippen MR) is 132 cm³/mol. The van der Waals surface area contributed by atoms with Crippen LogP contribution in [0.4, 0.5) is 5.69 Å².